The van der Waals surface area contributed by atoms with Crippen LogP contribution in [0.5, 0.6) is 0 Å². The van der Waals surface area contributed by atoms with Crippen molar-refractivity contribution in [2.75, 3.05) is 14.2 Å². The van der Waals surface area contributed by atoms with E-state index in [2.05, 4.69) is 104 Å². The van der Waals surface area contributed by atoms with Crippen LogP contribution in [-0.2, 0) is 35.8 Å². The summed E-state index contributed by atoms with van der Waals surface area (Å²) in [5, 5.41) is 4.19. The molecule has 0 fully saturated rings. The van der Waals surface area contributed by atoms with Crippen LogP contribution < -0.4 is 15.9 Å². The van der Waals surface area contributed by atoms with E-state index in [0.29, 0.717) is 0 Å². The van der Waals surface area contributed by atoms with Gasteiger partial charge in [-0.3, -0.25) is 0 Å². The van der Waals surface area contributed by atoms with Crippen molar-refractivity contribution < 1.29 is 61.0 Å². The molecular weight excluding hydrogens is 632 g/mol. The Balaban J connectivity index is 0. The number of hydrogen-bond acceptors (Lipinski definition) is 2. The first-order chi connectivity index (χ1) is 18.8. The van der Waals surface area contributed by atoms with E-state index in [-0.39, 0.29) is 17.1 Å². The molecule has 13 heteroatoms. The van der Waals surface area contributed by atoms with Gasteiger partial charge in [0, 0.05) is 30.6 Å². The number of hydrogen-bond donors (Lipinski definition) is 0. The van der Waals surface area contributed by atoms with E-state index in [9.17, 15) is 25.2 Å². The van der Waals surface area contributed by atoms with Crippen molar-refractivity contribution in [1.29, 1.82) is 0 Å². The second-order valence-electron chi connectivity index (χ2n) is 7.32. The molecule has 41 heavy (non-hydrogen) atoms. The topological polar surface area (TPSA) is 58.3 Å². The molecule has 4 rings (SSSR count). The molecule has 0 bridgehead atoms. The average Bonchev–Trinajstić information content (AvgIpc) is 2.96. The summed E-state index contributed by atoms with van der Waals surface area (Å²) in [5.41, 5.74) is 0. The first kappa shape index (κ1) is 40.5. The van der Waals surface area contributed by atoms with Crippen LogP contribution in [0.15, 0.2) is 115 Å². The van der Waals surface area contributed by atoms with E-state index in [4.69, 9.17) is 18.8 Å². The van der Waals surface area contributed by atoms with Gasteiger partial charge < -0.3 is 9.47 Å². The Bertz CT molecular complexity index is 1110. The minimum absolute atomic E-state index is 0. The van der Waals surface area contributed by atoms with Crippen LogP contribution in [0.4, 0.5) is 25.2 Å². The van der Waals surface area contributed by atoms with Gasteiger partial charge in [-0.2, -0.15) is 0 Å². The van der Waals surface area contributed by atoms with E-state index in [1.165, 1.54) is 15.9 Å². The monoisotopic (exact) mass is 658 g/mol. The Morgan fingerprint density at radius 2 is 0.927 bits per heavy atom. The van der Waals surface area contributed by atoms with Crippen molar-refractivity contribution in [1.82, 2.24) is 0 Å². The third kappa shape index (κ3) is 20.8. The van der Waals surface area contributed by atoms with Crippen LogP contribution in [-0.4, -0.2) is 14.2 Å². The van der Waals surface area contributed by atoms with Gasteiger partial charge in [-0.25, -0.2) is 0 Å². The summed E-state index contributed by atoms with van der Waals surface area (Å²) in [4.78, 5) is 0. The number of allylic oxidation sites excluding steroid dienone is 1. The largest absolute Gasteiger partial charge is 0.0622 e. The van der Waals surface area contributed by atoms with Crippen LogP contribution >= 0.6 is 15.7 Å². The third-order valence-corrected chi connectivity index (χ3v) is 6.92. The Morgan fingerprint density at radius 3 is 1.15 bits per heavy atom. The Morgan fingerprint density at radius 1 is 0.610 bits per heavy atom. The van der Waals surface area contributed by atoms with Gasteiger partial charge in [-0.1, -0.05) is 91.0 Å². The van der Waals surface area contributed by atoms with Gasteiger partial charge in [0.05, 0.1) is 7.11 Å². The molecule has 0 heterocycles. The first-order valence-electron chi connectivity index (χ1n) is 11.0. The Labute approximate surface area is 247 Å². The SMILES string of the molecule is CO[C]1C=CC(OC)=CC1.F[P-](F)(F)(F)(F)F.[C-]#[O+].[C-]#[O+].[Fe].c1ccc(P(c2ccccc2)c2ccccc2)cc1. The fourth-order valence-corrected chi connectivity index (χ4v) is 5.30. The Kier molecular flexibility index (Phi) is 18.5. The fourth-order valence-electron chi connectivity index (χ4n) is 2.99. The molecule has 0 unspecified atom stereocenters. The average molecular weight is 658 g/mol. The number of halogens is 6. The van der Waals surface area contributed by atoms with E-state index in [0.717, 1.165) is 18.3 Å². The second kappa shape index (κ2) is 18.7. The van der Waals surface area contributed by atoms with Crippen molar-refractivity contribution in [2.45, 2.75) is 6.42 Å². The van der Waals surface area contributed by atoms with Gasteiger partial charge in [0.2, 0.25) is 0 Å². The summed E-state index contributed by atoms with van der Waals surface area (Å²) in [6.07, 6.45) is 7.59. The van der Waals surface area contributed by atoms with Crippen LogP contribution in [0.3, 0.4) is 0 Å². The molecule has 0 N–H and O–H groups in total. The summed E-state index contributed by atoms with van der Waals surface area (Å²) in [7, 11) is -7.77. The smallest absolute Gasteiger partial charge is 0 e. The number of methoxy groups -OCH3 is 2. The molecule has 0 saturated heterocycles. The van der Waals surface area contributed by atoms with Crippen molar-refractivity contribution in [3.8, 4) is 0 Å². The van der Waals surface area contributed by atoms with Crippen LogP contribution in [0.25, 0.3) is 0 Å². The number of rotatable bonds is 5. The van der Waals surface area contributed by atoms with Gasteiger partial charge in [0.15, 0.2) is 0 Å². The Hall–Kier alpha value is -2.66. The molecular formula is C28H26F6FeO4P2-. The maximum atomic E-state index is 9.87. The van der Waals surface area contributed by atoms with Gasteiger partial charge in [0.25, 0.3) is 0 Å². The normalized spacial score (nSPS) is 13.5. The van der Waals surface area contributed by atoms with Gasteiger partial charge >= 0.3 is 55.6 Å². The molecule has 0 atom stereocenters. The van der Waals surface area contributed by atoms with E-state index < -0.39 is 15.7 Å². The molecule has 3 aromatic carbocycles. The fraction of sp³-hybridized carbons (Fsp3) is 0.107. The maximum absolute atomic E-state index is 10.7. The zero-order chi connectivity index (χ0) is 30.7. The molecule has 0 aliphatic heterocycles. The zero-order valence-corrected chi connectivity index (χ0v) is 24.6. The molecule has 1 aliphatic rings. The van der Waals surface area contributed by atoms with Crippen molar-refractivity contribution in [2.24, 2.45) is 0 Å². The van der Waals surface area contributed by atoms with E-state index in [1.807, 2.05) is 18.2 Å². The number of ether oxygens (including phenoxy) is 2. The standard InChI is InChI=1S/C18H15P.C8H11O2.2CO.F6P.Fe/c1-4-10-16(11-5-1)19(17-12-6-2-7-13-17)18-14-8-3-9-15-18;1-9-7-3-5-8(10-2)6-4-7;2*1-2;1-7(2,3,4,5)6;/h1-15H;3-5H,6H2,1-2H3;;;;/q;;;;-1;. The maximum Gasteiger partial charge on any atom is 0 e. The third-order valence-electron chi connectivity index (χ3n) is 4.48. The second-order valence-corrected chi connectivity index (χ2v) is 11.5. The molecule has 4 nitrogen and oxygen atoms in total. The summed E-state index contributed by atoms with van der Waals surface area (Å²) in [5.74, 6) is 0.904. The van der Waals surface area contributed by atoms with Gasteiger partial charge in [0.1, 0.15) is 11.9 Å². The minimum atomic E-state index is -10.7. The summed E-state index contributed by atoms with van der Waals surface area (Å²) in [6, 6.07) is 32.3. The van der Waals surface area contributed by atoms with Crippen LogP contribution in [0.1, 0.15) is 6.42 Å². The molecule has 0 saturated carbocycles. The van der Waals surface area contributed by atoms with Crippen molar-refractivity contribution in [3.05, 3.63) is 134 Å². The van der Waals surface area contributed by atoms with Crippen LogP contribution in [0.2, 0.25) is 0 Å². The van der Waals surface area contributed by atoms with E-state index >= 15 is 0 Å². The van der Waals surface area contributed by atoms with E-state index in [1.54, 1.807) is 14.2 Å². The molecule has 0 amide bonds. The molecule has 0 aromatic heterocycles. The predicted octanol–water partition coefficient (Wildman–Crippen LogP) is 8.40. The van der Waals surface area contributed by atoms with Crippen molar-refractivity contribution in [3.63, 3.8) is 0 Å². The molecule has 1 radical (unpaired) electrons. The predicted molar refractivity (Wildman–Crippen MR) is 146 cm³/mol. The van der Waals surface area contributed by atoms with Crippen LogP contribution in [0, 0.1) is 19.4 Å². The summed E-state index contributed by atoms with van der Waals surface area (Å²) in [6.45, 7) is 9.00. The molecule has 0 spiro atoms. The molecule has 223 valence electrons. The number of benzene rings is 3. The first-order valence-corrected chi connectivity index (χ1v) is 14.4. The quantitative estimate of drug-likeness (QED) is 0.0910. The summed E-state index contributed by atoms with van der Waals surface area (Å²) < 4.78 is 84.2. The summed E-state index contributed by atoms with van der Waals surface area (Å²) >= 11 is 0. The molecule has 1 aliphatic carbocycles. The van der Waals surface area contributed by atoms with Gasteiger partial charge in [-0.05, 0) is 42.1 Å². The van der Waals surface area contributed by atoms with Gasteiger partial charge in [-0.15, -0.1) is 0 Å². The van der Waals surface area contributed by atoms with Crippen molar-refractivity contribution >= 4 is 31.6 Å². The minimum Gasteiger partial charge on any atom is -0.0622 e. The zero-order valence-electron chi connectivity index (χ0n) is 21.7. The molecule has 3 aromatic rings.